The van der Waals surface area contributed by atoms with Gasteiger partial charge < -0.3 is 9.47 Å². The van der Waals surface area contributed by atoms with Crippen molar-refractivity contribution in [2.75, 3.05) is 13.2 Å². The maximum Gasteiger partial charge on any atom is 0.328 e. The molecule has 0 aliphatic carbocycles. The lowest BCUT2D eigenvalue weighted by Gasteiger charge is -2.30. The zero-order valence-corrected chi connectivity index (χ0v) is 15.0. The fourth-order valence-electron chi connectivity index (χ4n) is 2.89. The van der Waals surface area contributed by atoms with Gasteiger partial charge in [-0.25, -0.2) is 0 Å². The lowest BCUT2D eigenvalue weighted by atomic mass is 9.74. The van der Waals surface area contributed by atoms with Gasteiger partial charge in [0.15, 0.2) is 5.41 Å². The van der Waals surface area contributed by atoms with Crippen LogP contribution in [0.4, 0.5) is 0 Å². The first-order valence-corrected chi connectivity index (χ1v) is 8.50. The summed E-state index contributed by atoms with van der Waals surface area (Å²) >= 11 is 0. The van der Waals surface area contributed by atoms with E-state index in [9.17, 15) is 9.59 Å². The molecule has 0 bridgehead atoms. The highest BCUT2D eigenvalue weighted by molar-refractivity contribution is 6.06. The molecule has 0 aromatic heterocycles. The van der Waals surface area contributed by atoms with Gasteiger partial charge in [-0.1, -0.05) is 54.6 Å². The van der Waals surface area contributed by atoms with Crippen LogP contribution >= 0.6 is 0 Å². The molecule has 4 nitrogen and oxygen atoms in total. The van der Waals surface area contributed by atoms with E-state index in [1.54, 1.807) is 38.1 Å². The summed E-state index contributed by atoms with van der Waals surface area (Å²) in [7, 11) is 0. The van der Waals surface area contributed by atoms with Gasteiger partial charge in [-0.05, 0) is 37.5 Å². The summed E-state index contributed by atoms with van der Waals surface area (Å²) in [6.07, 6.45) is 0.196. The molecule has 0 aliphatic heterocycles. The van der Waals surface area contributed by atoms with E-state index in [1.807, 2.05) is 37.3 Å². The van der Waals surface area contributed by atoms with Crippen LogP contribution in [0.1, 0.15) is 30.5 Å². The molecular weight excluding hydrogens is 316 g/mol. The van der Waals surface area contributed by atoms with Crippen molar-refractivity contribution in [3.05, 3.63) is 71.3 Å². The first-order chi connectivity index (χ1) is 12.1. The topological polar surface area (TPSA) is 52.6 Å². The average Bonchev–Trinajstić information content (AvgIpc) is 2.62. The molecule has 0 atom stereocenters. The number of hydrogen-bond donors (Lipinski definition) is 0. The van der Waals surface area contributed by atoms with Gasteiger partial charge in [-0.3, -0.25) is 9.59 Å². The van der Waals surface area contributed by atoms with Crippen molar-refractivity contribution in [3.63, 3.8) is 0 Å². The normalized spacial score (nSPS) is 11.0. The standard InChI is InChI=1S/C21H24O4/c1-4-24-19(22)21(20(23)25-5-2,18-13-7-6-8-14-18)15-17-12-10-9-11-16(17)3/h6-14H,4-5,15H2,1-3H3. The molecule has 25 heavy (non-hydrogen) atoms. The molecule has 2 rings (SSSR count). The molecule has 0 spiro atoms. The Bertz CT molecular complexity index is 704. The van der Waals surface area contributed by atoms with E-state index in [4.69, 9.17) is 9.47 Å². The number of carbonyl (C=O) groups is 2. The molecule has 4 heteroatoms. The van der Waals surface area contributed by atoms with E-state index in [2.05, 4.69) is 0 Å². The van der Waals surface area contributed by atoms with E-state index in [0.29, 0.717) is 5.56 Å². The summed E-state index contributed by atoms with van der Waals surface area (Å²) in [4.78, 5) is 25.9. The van der Waals surface area contributed by atoms with Crippen molar-refractivity contribution < 1.29 is 19.1 Å². The Labute approximate surface area is 148 Å². The molecule has 0 unspecified atom stereocenters. The Morgan fingerprint density at radius 3 is 1.88 bits per heavy atom. The second kappa shape index (κ2) is 8.47. The fourth-order valence-corrected chi connectivity index (χ4v) is 2.89. The molecule has 0 N–H and O–H groups in total. The number of ether oxygens (including phenoxy) is 2. The predicted molar refractivity (Wildman–Crippen MR) is 96.3 cm³/mol. The number of esters is 2. The number of aryl methyl sites for hydroxylation is 1. The Kier molecular flexibility index (Phi) is 6.34. The van der Waals surface area contributed by atoms with Crippen LogP contribution in [0.3, 0.4) is 0 Å². The number of carbonyl (C=O) groups excluding carboxylic acids is 2. The predicted octanol–water partition coefficient (Wildman–Crippen LogP) is 3.60. The molecule has 0 fully saturated rings. The SMILES string of the molecule is CCOC(=O)C(Cc1ccccc1C)(C(=O)OCC)c1ccccc1. The fraction of sp³-hybridized carbons (Fsp3) is 0.333. The lowest BCUT2D eigenvalue weighted by molar-refractivity contribution is -0.164. The van der Waals surface area contributed by atoms with Crippen LogP contribution in [0.2, 0.25) is 0 Å². The first kappa shape index (κ1) is 18.7. The second-order valence-electron chi connectivity index (χ2n) is 5.82. The average molecular weight is 340 g/mol. The highest BCUT2D eigenvalue weighted by Gasteiger charge is 2.50. The summed E-state index contributed by atoms with van der Waals surface area (Å²) in [6.45, 7) is 5.81. The van der Waals surface area contributed by atoms with E-state index in [1.165, 1.54) is 0 Å². The summed E-state index contributed by atoms with van der Waals surface area (Å²) < 4.78 is 10.6. The third-order valence-electron chi connectivity index (χ3n) is 4.23. The van der Waals surface area contributed by atoms with Gasteiger partial charge >= 0.3 is 11.9 Å². The van der Waals surface area contributed by atoms with E-state index in [-0.39, 0.29) is 19.6 Å². The van der Waals surface area contributed by atoms with Crippen molar-refractivity contribution in [2.45, 2.75) is 32.6 Å². The monoisotopic (exact) mass is 340 g/mol. The largest absolute Gasteiger partial charge is 0.465 e. The molecule has 0 heterocycles. The summed E-state index contributed by atoms with van der Waals surface area (Å²) in [5.41, 5.74) is 0.985. The molecule has 2 aromatic carbocycles. The maximum absolute atomic E-state index is 13.0. The smallest absolute Gasteiger partial charge is 0.328 e. The molecule has 0 aliphatic rings. The Hall–Kier alpha value is -2.62. The summed E-state index contributed by atoms with van der Waals surface area (Å²) in [5, 5.41) is 0. The minimum Gasteiger partial charge on any atom is -0.465 e. The molecule has 0 amide bonds. The van der Waals surface area contributed by atoms with Crippen molar-refractivity contribution >= 4 is 11.9 Å². The van der Waals surface area contributed by atoms with Crippen LogP contribution in [0.25, 0.3) is 0 Å². The van der Waals surface area contributed by atoms with Gasteiger partial charge in [-0.2, -0.15) is 0 Å². The summed E-state index contributed by atoms with van der Waals surface area (Å²) in [5.74, 6) is -1.16. The molecule has 0 saturated carbocycles. The Balaban J connectivity index is 2.63. The minimum absolute atomic E-state index is 0.195. The molecule has 0 saturated heterocycles. The maximum atomic E-state index is 13.0. The zero-order chi connectivity index (χ0) is 18.3. The minimum atomic E-state index is -1.51. The van der Waals surface area contributed by atoms with Crippen LogP contribution < -0.4 is 0 Å². The van der Waals surface area contributed by atoms with Gasteiger partial charge in [0.05, 0.1) is 13.2 Å². The molecule has 132 valence electrons. The highest BCUT2D eigenvalue weighted by atomic mass is 16.6. The second-order valence-corrected chi connectivity index (χ2v) is 5.82. The van der Waals surface area contributed by atoms with Crippen LogP contribution in [-0.4, -0.2) is 25.2 Å². The third kappa shape index (κ3) is 3.90. The molecule has 0 radical (unpaired) electrons. The van der Waals surface area contributed by atoms with Gasteiger partial charge in [0.1, 0.15) is 0 Å². The van der Waals surface area contributed by atoms with Gasteiger partial charge in [0, 0.05) is 6.42 Å². The van der Waals surface area contributed by atoms with E-state index in [0.717, 1.165) is 11.1 Å². The quantitative estimate of drug-likeness (QED) is 0.571. The summed E-state index contributed by atoms with van der Waals surface area (Å²) in [6, 6.07) is 16.7. The van der Waals surface area contributed by atoms with Crippen LogP contribution in [0, 0.1) is 6.92 Å². The van der Waals surface area contributed by atoms with Crippen molar-refractivity contribution in [1.29, 1.82) is 0 Å². The highest BCUT2D eigenvalue weighted by Crippen LogP contribution is 2.33. The number of benzene rings is 2. The van der Waals surface area contributed by atoms with Gasteiger partial charge in [0.25, 0.3) is 0 Å². The van der Waals surface area contributed by atoms with Crippen molar-refractivity contribution in [1.82, 2.24) is 0 Å². The van der Waals surface area contributed by atoms with Gasteiger partial charge in [0.2, 0.25) is 0 Å². The molecule has 2 aromatic rings. The van der Waals surface area contributed by atoms with Crippen molar-refractivity contribution in [2.24, 2.45) is 0 Å². The first-order valence-electron chi connectivity index (χ1n) is 8.50. The third-order valence-corrected chi connectivity index (χ3v) is 4.23. The van der Waals surface area contributed by atoms with Crippen LogP contribution in [0.15, 0.2) is 54.6 Å². The van der Waals surface area contributed by atoms with E-state index >= 15 is 0 Å². The van der Waals surface area contributed by atoms with Gasteiger partial charge in [-0.15, -0.1) is 0 Å². The Morgan fingerprint density at radius 2 is 1.36 bits per heavy atom. The number of hydrogen-bond acceptors (Lipinski definition) is 4. The molecular formula is C21H24O4. The van der Waals surface area contributed by atoms with Crippen LogP contribution in [0.5, 0.6) is 0 Å². The lowest BCUT2D eigenvalue weighted by Crippen LogP contribution is -2.48. The Morgan fingerprint density at radius 1 is 0.840 bits per heavy atom. The van der Waals surface area contributed by atoms with E-state index < -0.39 is 17.4 Å². The zero-order valence-electron chi connectivity index (χ0n) is 15.0. The van der Waals surface area contributed by atoms with Crippen molar-refractivity contribution in [3.8, 4) is 0 Å². The number of rotatable bonds is 7. The van der Waals surface area contributed by atoms with Crippen LogP contribution in [-0.2, 0) is 30.9 Å².